The Morgan fingerprint density at radius 1 is 0.765 bits per heavy atom. The minimum atomic E-state index is 0. The molecule has 0 unspecified atom stereocenters. The van der Waals surface area contributed by atoms with Gasteiger partial charge in [-0.15, -0.1) is 5.56 Å². The zero-order valence-electron chi connectivity index (χ0n) is 9.43. The van der Waals surface area contributed by atoms with Gasteiger partial charge in [-0.2, -0.15) is 30.3 Å². The van der Waals surface area contributed by atoms with Gasteiger partial charge in [0.2, 0.25) is 0 Å². The summed E-state index contributed by atoms with van der Waals surface area (Å²) < 4.78 is 0. The van der Waals surface area contributed by atoms with Crippen LogP contribution in [0.25, 0.3) is 12.2 Å². The van der Waals surface area contributed by atoms with E-state index in [-0.39, 0.29) is 47.6 Å². The average Bonchev–Trinajstić information content (AvgIpc) is 2.29. The molecule has 2 aromatic rings. The maximum absolute atomic E-state index is 3.00. The summed E-state index contributed by atoms with van der Waals surface area (Å²) in [7, 11) is 0. The Bertz CT molecular complexity index is 363. The average molecular weight is 299 g/mol. The number of benzene rings is 2. The number of hydrogen-bond acceptors (Lipinski definition) is 0. The molecule has 0 aliphatic heterocycles. The molecule has 2 aromatic carbocycles. The first kappa shape index (κ1) is 18.6. The molecule has 0 aromatic heterocycles. The van der Waals surface area contributed by atoms with E-state index in [9.17, 15) is 0 Å². The summed E-state index contributed by atoms with van der Waals surface area (Å²) in [6.07, 6.45) is 4.21. The van der Waals surface area contributed by atoms with Gasteiger partial charge < -0.3 is 7.43 Å². The zero-order chi connectivity index (χ0) is 9.64. The van der Waals surface area contributed by atoms with Crippen LogP contribution in [0.2, 0.25) is 0 Å². The summed E-state index contributed by atoms with van der Waals surface area (Å²) in [5, 5.41) is 0. The fourth-order valence-corrected chi connectivity index (χ4v) is 1.27. The molecule has 0 N–H and O–H groups in total. The molecule has 0 atom stereocenters. The van der Waals surface area contributed by atoms with E-state index in [1.807, 2.05) is 42.5 Å². The molecule has 0 heterocycles. The van der Waals surface area contributed by atoms with Crippen molar-refractivity contribution in [3.05, 3.63) is 79.2 Å². The van der Waals surface area contributed by atoms with Crippen molar-refractivity contribution >= 4 is 12.2 Å². The second-order valence-corrected chi connectivity index (χ2v) is 3.08. The molecule has 0 aliphatic carbocycles. The zero-order valence-corrected chi connectivity index (χ0v) is 12.3. The van der Waals surface area contributed by atoms with E-state index < -0.39 is 0 Å². The standard InChI is InChI=1S/C14H11.CH4.CH3.Y/c1-3-7-13(8-4-1)11-12-14-9-5-2-6-10-14;;;/h1,3-12H;1H4;1H3;/q-1;;-1;/b12-11+;;;. The van der Waals surface area contributed by atoms with Crippen molar-refractivity contribution in [3.8, 4) is 0 Å². The smallest absolute Gasteiger partial charge is 0 e. The third-order valence-electron chi connectivity index (χ3n) is 2.01. The Balaban J connectivity index is 0. The normalized spacial score (nSPS) is 8.71. The molecule has 0 bridgehead atoms. The Hall–Kier alpha value is -0.716. The molecule has 1 radical (unpaired) electrons. The Labute approximate surface area is 131 Å². The molecule has 0 nitrogen and oxygen atoms in total. The van der Waals surface area contributed by atoms with Gasteiger partial charge in [-0.1, -0.05) is 49.9 Å². The van der Waals surface area contributed by atoms with E-state index in [1.54, 1.807) is 0 Å². The molecule has 0 fully saturated rings. The molecule has 1 heteroatoms. The van der Waals surface area contributed by atoms with Gasteiger partial charge >= 0.3 is 0 Å². The summed E-state index contributed by atoms with van der Waals surface area (Å²) >= 11 is 0. The maximum Gasteiger partial charge on any atom is 0 e. The van der Waals surface area contributed by atoms with Crippen LogP contribution in [0, 0.1) is 13.5 Å². The molecule has 0 aliphatic rings. The first-order valence-electron chi connectivity index (χ1n) is 4.64. The largest absolute Gasteiger partial charge is 0.358 e. The molecule has 0 saturated carbocycles. The van der Waals surface area contributed by atoms with Crippen molar-refractivity contribution in [1.29, 1.82) is 0 Å². The second kappa shape index (κ2) is 10.4. The van der Waals surface area contributed by atoms with Crippen molar-refractivity contribution in [1.82, 2.24) is 0 Å². The van der Waals surface area contributed by atoms with Crippen LogP contribution in [0.1, 0.15) is 18.6 Å². The third-order valence-corrected chi connectivity index (χ3v) is 2.01. The topological polar surface area (TPSA) is 0 Å². The molecule has 87 valence electrons. The molecule has 0 saturated heterocycles. The molecular weight excluding hydrogens is 281 g/mol. The van der Waals surface area contributed by atoms with E-state index in [2.05, 4.69) is 30.4 Å². The van der Waals surface area contributed by atoms with Crippen LogP contribution in [0.3, 0.4) is 0 Å². The van der Waals surface area contributed by atoms with Crippen LogP contribution >= 0.6 is 0 Å². The van der Waals surface area contributed by atoms with Crippen LogP contribution in [0.15, 0.2) is 54.6 Å². The predicted octanol–water partition coefficient (Wildman–Crippen LogP) is 4.74. The summed E-state index contributed by atoms with van der Waals surface area (Å²) in [4.78, 5) is 0. The van der Waals surface area contributed by atoms with Crippen molar-refractivity contribution in [3.63, 3.8) is 0 Å². The minimum Gasteiger partial charge on any atom is -0.358 e. The Kier molecular flexibility index (Phi) is 11.4. The molecular formula is C16H18Y-2. The first-order chi connectivity index (χ1) is 6.95. The van der Waals surface area contributed by atoms with E-state index >= 15 is 0 Å². The van der Waals surface area contributed by atoms with Crippen molar-refractivity contribution in [2.24, 2.45) is 0 Å². The first-order valence-corrected chi connectivity index (χ1v) is 4.64. The van der Waals surface area contributed by atoms with E-state index in [0.717, 1.165) is 0 Å². The van der Waals surface area contributed by atoms with Gasteiger partial charge in [0.25, 0.3) is 0 Å². The Morgan fingerprint density at radius 3 is 1.76 bits per heavy atom. The summed E-state index contributed by atoms with van der Waals surface area (Å²) in [6, 6.07) is 21.2. The second-order valence-electron chi connectivity index (χ2n) is 3.08. The summed E-state index contributed by atoms with van der Waals surface area (Å²) in [5.41, 5.74) is 2.42. The van der Waals surface area contributed by atoms with Crippen molar-refractivity contribution in [2.75, 3.05) is 0 Å². The van der Waals surface area contributed by atoms with Gasteiger partial charge in [-0.25, -0.2) is 0 Å². The summed E-state index contributed by atoms with van der Waals surface area (Å²) in [6.45, 7) is 0. The van der Waals surface area contributed by atoms with Gasteiger partial charge in [0.15, 0.2) is 0 Å². The van der Waals surface area contributed by atoms with Gasteiger partial charge in [0.05, 0.1) is 0 Å². The fraction of sp³-hybridized carbons (Fsp3) is 0.0625. The maximum atomic E-state index is 3.00. The van der Waals surface area contributed by atoms with Gasteiger partial charge in [0.1, 0.15) is 0 Å². The van der Waals surface area contributed by atoms with Crippen LogP contribution in [0.5, 0.6) is 0 Å². The predicted molar refractivity (Wildman–Crippen MR) is 73.8 cm³/mol. The van der Waals surface area contributed by atoms with E-state index in [4.69, 9.17) is 0 Å². The molecule has 0 amide bonds. The number of hydrogen-bond donors (Lipinski definition) is 0. The SMILES string of the molecule is C.[CH3-].[Y].[c-]1ccc(/C=C/c2ccccc2)cc1. The van der Waals surface area contributed by atoms with Crippen molar-refractivity contribution in [2.45, 2.75) is 7.43 Å². The molecule has 2 rings (SSSR count). The third kappa shape index (κ3) is 6.56. The minimum absolute atomic E-state index is 0. The van der Waals surface area contributed by atoms with Crippen LogP contribution in [-0.2, 0) is 32.7 Å². The number of rotatable bonds is 2. The quantitative estimate of drug-likeness (QED) is 0.555. The fourth-order valence-electron chi connectivity index (χ4n) is 1.27. The van der Waals surface area contributed by atoms with Crippen LogP contribution in [0.4, 0.5) is 0 Å². The van der Waals surface area contributed by atoms with Crippen LogP contribution in [-0.4, -0.2) is 0 Å². The van der Waals surface area contributed by atoms with Crippen molar-refractivity contribution < 1.29 is 32.7 Å². The molecule has 17 heavy (non-hydrogen) atoms. The van der Waals surface area contributed by atoms with Gasteiger partial charge in [-0.3, -0.25) is 0 Å². The monoisotopic (exact) mass is 299 g/mol. The van der Waals surface area contributed by atoms with Gasteiger partial charge in [0, 0.05) is 32.7 Å². The van der Waals surface area contributed by atoms with Crippen LogP contribution < -0.4 is 0 Å². The Morgan fingerprint density at radius 2 is 1.24 bits per heavy atom. The molecule has 0 spiro atoms. The van der Waals surface area contributed by atoms with E-state index in [0.29, 0.717) is 0 Å². The summed E-state index contributed by atoms with van der Waals surface area (Å²) in [5.74, 6) is 0. The van der Waals surface area contributed by atoms with Gasteiger partial charge in [-0.05, 0) is 5.56 Å². The van der Waals surface area contributed by atoms with E-state index in [1.165, 1.54) is 11.1 Å².